The number of piperazine rings is 1. The smallest absolute Gasteiger partial charge is 0.225 e. The van der Waals surface area contributed by atoms with E-state index in [4.69, 9.17) is 5.73 Å². The van der Waals surface area contributed by atoms with Crippen LogP contribution in [0.5, 0.6) is 0 Å². The van der Waals surface area contributed by atoms with Gasteiger partial charge in [-0.25, -0.2) is 0 Å². The van der Waals surface area contributed by atoms with E-state index in [2.05, 4.69) is 0 Å². The molecule has 5 nitrogen and oxygen atoms in total. The zero-order chi connectivity index (χ0) is 13.0. The molecule has 2 N–H and O–H groups in total. The van der Waals surface area contributed by atoms with Crippen LogP contribution in [0.1, 0.15) is 25.7 Å². The lowest BCUT2D eigenvalue weighted by atomic mass is 9.81. The fraction of sp³-hybridized carbons (Fsp3) is 0.846. The van der Waals surface area contributed by atoms with Crippen molar-refractivity contribution >= 4 is 12.3 Å². The highest BCUT2D eigenvalue weighted by molar-refractivity contribution is 5.79. The van der Waals surface area contributed by atoms with Crippen LogP contribution in [-0.2, 0) is 9.59 Å². The maximum Gasteiger partial charge on any atom is 0.225 e. The van der Waals surface area contributed by atoms with Gasteiger partial charge in [-0.1, -0.05) is 0 Å². The molecule has 1 aliphatic carbocycles. The first kappa shape index (κ1) is 13.3. The van der Waals surface area contributed by atoms with Crippen molar-refractivity contribution in [1.82, 2.24) is 9.80 Å². The first-order chi connectivity index (χ1) is 8.74. The number of carbonyl (C=O) groups is 2. The van der Waals surface area contributed by atoms with Crippen molar-refractivity contribution in [2.24, 2.45) is 17.6 Å². The van der Waals surface area contributed by atoms with Crippen LogP contribution in [-0.4, -0.2) is 54.8 Å². The molecule has 0 atom stereocenters. The number of hydrogen-bond donors (Lipinski definition) is 1. The van der Waals surface area contributed by atoms with Gasteiger partial charge in [0.2, 0.25) is 12.3 Å². The lowest BCUT2D eigenvalue weighted by Crippen LogP contribution is -2.50. The minimum absolute atomic E-state index is 0.190. The van der Waals surface area contributed by atoms with E-state index < -0.39 is 0 Å². The zero-order valence-corrected chi connectivity index (χ0v) is 10.9. The molecule has 0 aromatic carbocycles. The molecule has 5 heteroatoms. The molecule has 0 radical (unpaired) electrons. The molecule has 2 amide bonds. The van der Waals surface area contributed by atoms with Crippen LogP contribution in [0, 0.1) is 11.8 Å². The summed E-state index contributed by atoms with van der Waals surface area (Å²) >= 11 is 0. The summed E-state index contributed by atoms with van der Waals surface area (Å²) in [6.45, 7) is 3.47. The van der Waals surface area contributed by atoms with Gasteiger partial charge in [0.15, 0.2) is 0 Å². The van der Waals surface area contributed by atoms with Crippen molar-refractivity contribution in [3.05, 3.63) is 0 Å². The summed E-state index contributed by atoms with van der Waals surface area (Å²) in [4.78, 5) is 26.6. The highest BCUT2D eigenvalue weighted by Gasteiger charge is 2.30. The maximum absolute atomic E-state index is 12.3. The normalized spacial score (nSPS) is 29.2. The lowest BCUT2D eigenvalue weighted by Gasteiger charge is -2.36. The Morgan fingerprint density at radius 2 is 1.72 bits per heavy atom. The minimum atomic E-state index is 0.190. The lowest BCUT2D eigenvalue weighted by molar-refractivity contribution is -0.140. The Hall–Kier alpha value is -1.10. The molecule has 102 valence electrons. The van der Waals surface area contributed by atoms with Crippen LogP contribution in [0.3, 0.4) is 0 Å². The summed E-state index contributed by atoms with van der Waals surface area (Å²) in [5.74, 6) is 1.09. The molecule has 2 rings (SSSR count). The molecule has 1 saturated heterocycles. The summed E-state index contributed by atoms with van der Waals surface area (Å²) < 4.78 is 0. The third kappa shape index (κ3) is 3.02. The Labute approximate surface area is 108 Å². The summed E-state index contributed by atoms with van der Waals surface area (Å²) in [5, 5.41) is 0. The number of nitrogens with zero attached hydrogens (tertiary/aromatic N) is 2. The summed E-state index contributed by atoms with van der Waals surface area (Å²) in [7, 11) is 0. The Morgan fingerprint density at radius 3 is 2.22 bits per heavy atom. The average Bonchev–Trinajstić information content (AvgIpc) is 2.47. The number of carbonyl (C=O) groups excluding carboxylic acids is 2. The van der Waals surface area contributed by atoms with E-state index in [0.29, 0.717) is 32.1 Å². The van der Waals surface area contributed by atoms with Gasteiger partial charge in [0.1, 0.15) is 0 Å². The predicted octanol–water partition coefficient (Wildman–Crippen LogP) is 0.0521. The van der Waals surface area contributed by atoms with Crippen LogP contribution >= 0.6 is 0 Å². The second kappa shape index (κ2) is 6.18. The van der Waals surface area contributed by atoms with Gasteiger partial charge < -0.3 is 15.5 Å². The first-order valence-electron chi connectivity index (χ1n) is 6.92. The van der Waals surface area contributed by atoms with Gasteiger partial charge in [0.25, 0.3) is 0 Å². The molecule has 0 aromatic heterocycles. The van der Waals surface area contributed by atoms with Gasteiger partial charge in [0, 0.05) is 32.1 Å². The highest BCUT2D eigenvalue weighted by Crippen LogP contribution is 2.29. The molecular weight excluding hydrogens is 230 g/mol. The van der Waals surface area contributed by atoms with Crippen LogP contribution in [0.4, 0.5) is 0 Å². The van der Waals surface area contributed by atoms with Crippen molar-refractivity contribution in [3.8, 4) is 0 Å². The second-order valence-corrected chi connectivity index (χ2v) is 5.42. The molecule has 0 unspecified atom stereocenters. The van der Waals surface area contributed by atoms with Crippen LogP contribution in [0.15, 0.2) is 0 Å². The van der Waals surface area contributed by atoms with Gasteiger partial charge in [-0.2, -0.15) is 0 Å². The van der Waals surface area contributed by atoms with E-state index in [1.807, 2.05) is 4.90 Å². The van der Waals surface area contributed by atoms with E-state index in [0.717, 1.165) is 38.6 Å². The third-order valence-corrected chi connectivity index (χ3v) is 4.30. The number of amides is 2. The topological polar surface area (TPSA) is 66.6 Å². The van der Waals surface area contributed by atoms with E-state index in [1.165, 1.54) is 0 Å². The first-order valence-corrected chi connectivity index (χ1v) is 6.92. The Morgan fingerprint density at radius 1 is 1.11 bits per heavy atom. The van der Waals surface area contributed by atoms with Crippen molar-refractivity contribution < 1.29 is 9.59 Å². The highest BCUT2D eigenvalue weighted by atomic mass is 16.2. The predicted molar refractivity (Wildman–Crippen MR) is 68.7 cm³/mol. The van der Waals surface area contributed by atoms with Gasteiger partial charge in [-0.05, 0) is 38.1 Å². The summed E-state index contributed by atoms with van der Waals surface area (Å²) in [5.41, 5.74) is 5.66. The van der Waals surface area contributed by atoms with E-state index in [9.17, 15) is 9.59 Å². The molecule has 2 fully saturated rings. The molecule has 2 aliphatic rings. The SMILES string of the molecule is NCC1CCC(C(=O)N2CCN(C=O)CC2)CC1. The minimum Gasteiger partial charge on any atom is -0.342 e. The van der Waals surface area contributed by atoms with E-state index >= 15 is 0 Å². The standard InChI is InChI=1S/C13H23N3O2/c14-9-11-1-3-12(4-2-11)13(18)16-7-5-15(10-17)6-8-16/h10-12H,1-9,14H2. The van der Waals surface area contributed by atoms with Crippen molar-refractivity contribution in [1.29, 1.82) is 0 Å². The molecule has 1 aliphatic heterocycles. The van der Waals surface area contributed by atoms with Gasteiger partial charge >= 0.3 is 0 Å². The van der Waals surface area contributed by atoms with Crippen LogP contribution in [0.25, 0.3) is 0 Å². The number of nitrogens with two attached hydrogens (primary N) is 1. The Kier molecular flexibility index (Phi) is 4.58. The summed E-state index contributed by atoms with van der Waals surface area (Å²) in [6, 6.07) is 0. The summed E-state index contributed by atoms with van der Waals surface area (Å²) in [6.07, 6.45) is 5.00. The number of hydrogen-bond acceptors (Lipinski definition) is 3. The molecule has 0 spiro atoms. The van der Waals surface area contributed by atoms with E-state index in [-0.39, 0.29) is 11.8 Å². The van der Waals surface area contributed by atoms with Crippen LogP contribution < -0.4 is 5.73 Å². The fourth-order valence-electron chi connectivity index (χ4n) is 2.95. The van der Waals surface area contributed by atoms with Crippen molar-refractivity contribution in [3.63, 3.8) is 0 Å². The second-order valence-electron chi connectivity index (χ2n) is 5.42. The Balaban J connectivity index is 1.80. The molecular formula is C13H23N3O2. The molecule has 1 heterocycles. The number of rotatable bonds is 3. The van der Waals surface area contributed by atoms with Crippen molar-refractivity contribution in [2.75, 3.05) is 32.7 Å². The fourth-order valence-corrected chi connectivity index (χ4v) is 2.95. The maximum atomic E-state index is 12.3. The average molecular weight is 253 g/mol. The monoisotopic (exact) mass is 253 g/mol. The molecule has 1 saturated carbocycles. The zero-order valence-electron chi connectivity index (χ0n) is 10.9. The van der Waals surface area contributed by atoms with Gasteiger partial charge in [-0.15, -0.1) is 0 Å². The quantitative estimate of drug-likeness (QED) is 0.723. The van der Waals surface area contributed by atoms with Gasteiger partial charge in [0.05, 0.1) is 0 Å². The largest absolute Gasteiger partial charge is 0.342 e. The third-order valence-electron chi connectivity index (χ3n) is 4.30. The molecule has 18 heavy (non-hydrogen) atoms. The van der Waals surface area contributed by atoms with Crippen molar-refractivity contribution in [2.45, 2.75) is 25.7 Å². The Bertz CT molecular complexity index is 293. The van der Waals surface area contributed by atoms with Gasteiger partial charge in [-0.3, -0.25) is 9.59 Å². The van der Waals surface area contributed by atoms with E-state index in [1.54, 1.807) is 4.90 Å². The molecule has 0 aromatic rings. The van der Waals surface area contributed by atoms with Crippen LogP contribution in [0.2, 0.25) is 0 Å². The molecule has 0 bridgehead atoms.